The fourth-order valence-electron chi connectivity index (χ4n) is 3.15. The summed E-state index contributed by atoms with van der Waals surface area (Å²) in [6.07, 6.45) is 5.95. The van der Waals surface area contributed by atoms with E-state index >= 15 is 0 Å². The number of nitrogens with two attached hydrogens (primary N) is 1. The van der Waals surface area contributed by atoms with Gasteiger partial charge in [-0.1, -0.05) is 0 Å². The van der Waals surface area contributed by atoms with E-state index in [1.54, 1.807) is 0 Å². The molecule has 0 heterocycles. The molecule has 0 aromatic carbocycles. The van der Waals surface area contributed by atoms with Crippen molar-refractivity contribution in [3.05, 3.63) is 0 Å². The fourth-order valence-corrected chi connectivity index (χ4v) is 3.15. The largest absolute Gasteiger partial charge is 0.393 e. The average Bonchev–Trinajstić information content (AvgIpc) is 2.02. The highest BCUT2D eigenvalue weighted by atomic mass is 16.3. The minimum Gasteiger partial charge on any atom is -0.393 e. The fraction of sp³-hybridized carbons (Fsp3) is 1.00. The molecule has 2 bridgehead atoms. The lowest BCUT2D eigenvalue weighted by atomic mass is 9.67. The monoisotopic (exact) mass is 169 g/mol. The smallest absolute Gasteiger partial charge is 0.0545 e. The number of fused-ring (bicyclic) bond motifs is 2. The Morgan fingerprint density at radius 3 is 2.08 bits per heavy atom. The van der Waals surface area contributed by atoms with E-state index in [0.29, 0.717) is 0 Å². The first-order valence-corrected chi connectivity index (χ1v) is 5.16. The highest BCUT2D eigenvalue weighted by Crippen LogP contribution is 2.42. The molecule has 2 rings (SSSR count). The third-order valence-electron chi connectivity index (χ3n) is 3.54. The summed E-state index contributed by atoms with van der Waals surface area (Å²) in [5.41, 5.74) is 5.68. The number of rotatable bonds is 1. The van der Waals surface area contributed by atoms with Crippen LogP contribution in [0.3, 0.4) is 0 Å². The van der Waals surface area contributed by atoms with Crippen LogP contribution in [-0.4, -0.2) is 17.8 Å². The van der Waals surface area contributed by atoms with Crippen molar-refractivity contribution in [2.45, 2.75) is 38.2 Å². The van der Waals surface area contributed by atoms with E-state index in [4.69, 9.17) is 5.73 Å². The van der Waals surface area contributed by atoms with Crippen molar-refractivity contribution < 1.29 is 5.11 Å². The second-order valence-electron chi connectivity index (χ2n) is 4.67. The van der Waals surface area contributed by atoms with E-state index in [1.165, 1.54) is 19.3 Å². The van der Waals surface area contributed by atoms with Crippen LogP contribution in [-0.2, 0) is 0 Å². The van der Waals surface area contributed by atoms with Gasteiger partial charge < -0.3 is 10.8 Å². The van der Waals surface area contributed by atoms with Crippen LogP contribution in [0.2, 0.25) is 0 Å². The van der Waals surface area contributed by atoms with Gasteiger partial charge in [0.05, 0.1) is 6.10 Å². The molecule has 12 heavy (non-hydrogen) atoms. The summed E-state index contributed by atoms with van der Waals surface area (Å²) in [7, 11) is 0. The summed E-state index contributed by atoms with van der Waals surface area (Å²) in [5.74, 6) is 2.31. The quantitative estimate of drug-likeness (QED) is 0.618. The van der Waals surface area contributed by atoms with Gasteiger partial charge in [-0.05, 0) is 56.4 Å². The van der Waals surface area contributed by atoms with E-state index in [9.17, 15) is 5.11 Å². The van der Waals surface area contributed by atoms with Gasteiger partial charge in [-0.3, -0.25) is 0 Å². The van der Waals surface area contributed by atoms with Crippen molar-refractivity contribution in [1.29, 1.82) is 0 Å². The van der Waals surface area contributed by atoms with Crippen LogP contribution in [0.4, 0.5) is 0 Å². The van der Waals surface area contributed by atoms with Gasteiger partial charge in [0.1, 0.15) is 0 Å². The summed E-state index contributed by atoms with van der Waals surface area (Å²) in [6.45, 7) is 0.850. The minimum atomic E-state index is -0.00697. The molecule has 0 radical (unpaired) electrons. The molecule has 0 aromatic heterocycles. The molecule has 0 aliphatic heterocycles. The summed E-state index contributed by atoms with van der Waals surface area (Å²) in [4.78, 5) is 0. The molecular formula is C10H19NO. The predicted octanol–water partition coefficient (Wildman–Crippen LogP) is 1.13. The maximum absolute atomic E-state index is 9.54. The van der Waals surface area contributed by atoms with Gasteiger partial charge in [0.15, 0.2) is 0 Å². The van der Waals surface area contributed by atoms with Gasteiger partial charge in [-0.2, -0.15) is 0 Å². The molecule has 3 N–H and O–H groups in total. The van der Waals surface area contributed by atoms with Crippen molar-refractivity contribution in [2.24, 2.45) is 23.5 Å². The summed E-state index contributed by atoms with van der Waals surface area (Å²) < 4.78 is 0. The number of hydrogen-bond acceptors (Lipinski definition) is 2. The van der Waals surface area contributed by atoms with E-state index in [-0.39, 0.29) is 6.10 Å². The lowest BCUT2D eigenvalue weighted by molar-refractivity contribution is 0.0285. The first kappa shape index (κ1) is 8.52. The maximum Gasteiger partial charge on any atom is 0.0545 e. The standard InChI is InChI=1S/C10H19NO/c11-6-9-2-7-1-8(3-9)5-10(12)4-7/h7-10,12H,1-6,11H2/t7-,8+,9?,10?. The Kier molecular flexibility index (Phi) is 2.37. The molecule has 0 amide bonds. The lowest BCUT2D eigenvalue weighted by Crippen LogP contribution is -2.35. The van der Waals surface area contributed by atoms with Gasteiger partial charge >= 0.3 is 0 Å². The highest BCUT2D eigenvalue weighted by molar-refractivity contribution is 4.86. The minimum absolute atomic E-state index is 0.00697. The average molecular weight is 169 g/mol. The Hall–Kier alpha value is -0.0800. The first-order chi connectivity index (χ1) is 5.78. The third kappa shape index (κ3) is 1.64. The van der Waals surface area contributed by atoms with Crippen LogP contribution < -0.4 is 5.73 Å². The van der Waals surface area contributed by atoms with Crippen LogP contribution in [0.15, 0.2) is 0 Å². The Balaban J connectivity index is 1.96. The van der Waals surface area contributed by atoms with Crippen LogP contribution in [0.25, 0.3) is 0 Å². The molecule has 70 valence electrons. The second-order valence-corrected chi connectivity index (χ2v) is 4.67. The molecule has 2 aliphatic carbocycles. The zero-order valence-corrected chi connectivity index (χ0v) is 7.58. The molecule has 4 atom stereocenters. The Bertz CT molecular complexity index is 142. The summed E-state index contributed by atoms with van der Waals surface area (Å²) in [5, 5.41) is 9.54. The van der Waals surface area contributed by atoms with Gasteiger partial charge in [-0.25, -0.2) is 0 Å². The molecular weight excluding hydrogens is 150 g/mol. The number of aliphatic hydroxyl groups is 1. The predicted molar refractivity (Wildman–Crippen MR) is 48.6 cm³/mol. The maximum atomic E-state index is 9.54. The SMILES string of the molecule is NCC1C[C@H]2CC(O)C[C@@H](C1)C2. The molecule has 2 nitrogen and oxygen atoms in total. The Morgan fingerprint density at radius 2 is 1.58 bits per heavy atom. The van der Waals surface area contributed by atoms with Crippen molar-refractivity contribution in [2.75, 3.05) is 6.54 Å². The van der Waals surface area contributed by atoms with Crippen molar-refractivity contribution in [3.63, 3.8) is 0 Å². The normalized spacial score (nSPS) is 47.5. The molecule has 2 saturated carbocycles. The van der Waals surface area contributed by atoms with Crippen LogP contribution in [0.5, 0.6) is 0 Å². The molecule has 2 fully saturated rings. The van der Waals surface area contributed by atoms with Gasteiger partial charge in [0, 0.05) is 0 Å². The zero-order valence-electron chi connectivity index (χ0n) is 7.58. The molecule has 2 unspecified atom stereocenters. The summed E-state index contributed by atoms with van der Waals surface area (Å²) >= 11 is 0. The van der Waals surface area contributed by atoms with Crippen LogP contribution in [0, 0.1) is 17.8 Å². The molecule has 0 aromatic rings. The van der Waals surface area contributed by atoms with E-state index < -0.39 is 0 Å². The molecule has 2 aliphatic rings. The van der Waals surface area contributed by atoms with Gasteiger partial charge in [0.25, 0.3) is 0 Å². The van der Waals surface area contributed by atoms with E-state index in [0.717, 1.165) is 37.1 Å². The van der Waals surface area contributed by atoms with Crippen molar-refractivity contribution >= 4 is 0 Å². The Labute approximate surface area is 74.1 Å². The number of hydrogen-bond donors (Lipinski definition) is 2. The van der Waals surface area contributed by atoms with E-state index in [2.05, 4.69) is 0 Å². The van der Waals surface area contributed by atoms with E-state index in [1.807, 2.05) is 0 Å². The van der Waals surface area contributed by atoms with Gasteiger partial charge in [-0.15, -0.1) is 0 Å². The first-order valence-electron chi connectivity index (χ1n) is 5.16. The van der Waals surface area contributed by atoms with Crippen LogP contribution >= 0.6 is 0 Å². The lowest BCUT2D eigenvalue weighted by Gasteiger charge is -2.40. The molecule has 0 saturated heterocycles. The van der Waals surface area contributed by atoms with Crippen molar-refractivity contribution in [1.82, 2.24) is 0 Å². The molecule has 2 heteroatoms. The van der Waals surface area contributed by atoms with Crippen LogP contribution in [0.1, 0.15) is 32.1 Å². The second kappa shape index (κ2) is 3.35. The number of aliphatic hydroxyl groups excluding tert-OH is 1. The van der Waals surface area contributed by atoms with Crippen molar-refractivity contribution in [3.8, 4) is 0 Å². The third-order valence-corrected chi connectivity index (χ3v) is 3.54. The Morgan fingerprint density at radius 1 is 1.00 bits per heavy atom. The highest BCUT2D eigenvalue weighted by Gasteiger charge is 2.34. The molecule has 0 spiro atoms. The summed E-state index contributed by atoms with van der Waals surface area (Å²) in [6, 6.07) is 0. The van der Waals surface area contributed by atoms with Gasteiger partial charge in [0.2, 0.25) is 0 Å². The topological polar surface area (TPSA) is 46.2 Å². The zero-order chi connectivity index (χ0) is 8.55.